The van der Waals surface area contributed by atoms with E-state index in [-0.39, 0.29) is 42.2 Å². The summed E-state index contributed by atoms with van der Waals surface area (Å²) in [6.45, 7) is 8.20. The van der Waals surface area contributed by atoms with Gasteiger partial charge in [-0.15, -0.1) is 24.8 Å². The van der Waals surface area contributed by atoms with Gasteiger partial charge < -0.3 is 15.8 Å². The molecule has 1 aromatic heterocycles. The maximum Gasteiger partial charge on any atom is 0.237 e. The maximum atomic E-state index is 12.3. The molecule has 150 valence electrons. The van der Waals surface area contributed by atoms with Crippen LogP contribution in [-0.4, -0.2) is 16.9 Å². The van der Waals surface area contributed by atoms with Crippen molar-refractivity contribution in [2.75, 3.05) is 0 Å². The van der Waals surface area contributed by atoms with Gasteiger partial charge in [0, 0.05) is 6.20 Å². The maximum absolute atomic E-state index is 12.3. The van der Waals surface area contributed by atoms with Crippen LogP contribution in [0, 0.1) is 5.41 Å². The Balaban J connectivity index is 0.00000338. The van der Waals surface area contributed by atoms with Gasteiger partial charge in [0.25, 0.3) is 0 Å². The molecule has 2 atom stereocenters. The van der Waals surface area contributed by atoms with Crippen LogP contribution in [-0.2, 0) is 11.4 Å². The highest BCUT2D eigenvalue weighted by molar-refractivity contribution is 5.85. The molecular weight excluding hydrogens is 385 g/mol. The number of carbonyl (C=O) groups is 1. The van der Waals surface area contributed by atoms with Crippen molar-refractivity contribution in [1.29, 1.82) is 0 Å². The summed E-state index contributed by atoms with van der Waals surface area (Å²) in [7, 11) is 0. The molecule has 0 aliphatic heterocycles. The van der Waals surface area contributed by atoms with E-state index in [1.54, 1.807) is 6.20 Å². The van der Waals surface area contributed by atoms with Gasteiger partial charge in [0.05, 0.1) is 17.8 Å². The number of benzene rings is 1. The van der Waals surface area contributed by atoms with Gasteiger partial charge in [-0.25, -0.2) is 0 Å². The molecule has 5 nitrogen and oxygen atoms in total. The molecule has 0 aliphatic carbocycles. The van der Waals surface area contributed by atoms with Gasteiger partial charge in [-0.05, 0) is 42.2 Å². The van der Waals surface area contributed by atoms with Crippen LogP contribution in [0.15, 0.2) is 48.7 Å². The van der Waals surface area contributed by atoms with Gasteiger partial charge in [-0.2, -0.15) is 0 Å². The first-order chi connectivity index (χ1) is 11.8. The summed E-state index contributed by atoms with van der Waals surface area (Å²) in [5, 5.41) is 2.97. The minimum absolute atomic E-state index is 0. The Bertz CT molecular complexity index is 706. The number of rotatable bonds is 6. The molecule has 0 spiro atoms. The first-order valence-corrected chi connectivity index (χ1v) is 8.46. The lowest BCUT2D eigenvalue weighted by Gasteiger charge is -2.27. The minimum atomic E-state index is -0.557. The van der Waals surface area contributed by atoms with Crippen molar-refractivity contribution in [3.05, 3.63) is 59.9 Å². The van der Waals surface area contributed by atoms with Gasteiger partial charge >= 0.3 is 0 Å². The van der Waals surface area contributed by atoms with Crippen molar-refractivity contribution in [2.45, 2.75) is 46.4 Å². The molecule has 0 saturated carbocycles. The van der Waals surface area contributed by atoms with Crippen molar-refractivity contribution in [2.24, 2.45) is 11.1 Å². The SMILES string of the molecule is CC(NC(=O)[C@@H](N)C(C)(C)C)c1cccc(OCc2ccccn2)c1.Cl.Cl. The summed E-state index contributed by atoms with van der Waals surface area (Å²) < 4.78 is 5.79. The average Bonchev–Trinajstić information content (AvgIpc) is 2.59. The fourth-order valence-electron chi connectivity index (χ4n) is 2.29. The molecule has 1 unspecified atom stereocenters. The molecule has 7 heteroatoms. The van der Waals surface area contributed by atoms with E-state index in [0.717, 1.165) is 17.0 Å². The number of ether oxygens (including phenoxy) is 1. The van der Waals surface area contributed by atoms with Gasteiger partial charge in [-0.1, -0.05) is 39.0 Å². The summed E-state index contributed by atoms with van der Waals surface area (Å²) in [4.78, 5) is 16.5. The molecule has 0 saturated heterocycles. The molecule has 0 bridgehead atoms. The second-order valence-corrected chi connectivity index (χ2v) is 7.26. The number of aromatic nitrogens is 1. The second-order valence-electron chi connectivity index (χ2n) is 7.26. The predicted octanol–water partition coefficient (Wildman–Crippen LogP) is 4.05. The lowest BCUT2D eigenvalue weighted by molar-refractivity contribution is -0.125. The number of halogens is 2. The molecule has 0 aliphatic rings. The molecule has 2 rings (SSSR count). The van der Waals surface area contributed by atoms with E-state index in [1.165, 1.54) is 0 Å². The standard InChI is InChI=1S/C20H27N3O2.2ClH/c1-14(23-19(24)18(21)20(2,3)4)15-8-7-10-17(12-15)25-13-16-9-5-6-11-22-16;;/h5-12,14,18H,13,21H2,1-4H3,(H,23,24);2*1H/t14?,18-;;/m1../s1. The van der Waals surface area contributed by atoms with E-state index in [1.807, 2.05) is 70.2 Å². The molecule has 2 aromatic rings. The lowest BCUT2D eigenvalue weighted by atomic mass is 9.86. The number of hydrogen-bond donors (Lipinski definition) is 2. The molecular formula is C20H29Cl2N3O2. The van der Waals surface area contributed by atoms with E-state index < -0.39 is 6.04 Å². The zero-order valence-electron chi connectivity index (χ0n) is 16.1. The van der Waals surface area contributed by atoms with E-state index in [9.17, 15) is 4.79 Å². The Kier molecular flexibility index (Phi) is 10.4. The van der Waals surface area contributed by atoms with Crippen LogP contribution in [0.25, 0.3) is 0 Å². The Morgan fingerprint density at radius 2 is 1.89 bits per heavy atom. The van der Waals surface area contributed by atoms with Gasteiger partial charge in [0.15, 0.2) is 0 Å². The van der Waals surface area contributed by atoms with Crippen LogP contribution < -0.4 is 15.8 Å². The normalized spacial score (nSPS) is 12.8. The number of amides is 1. The fourth-order valence-corrected chi connectivity index (χ4v) is 2.29. The Morgan fingerprint density at radius 1 is 1.19 bits per heavy atom. The van der Waals surface area contributed by atoms with E-state index in [0.29, 0.717) is 6.61 Å². The van der Waals surface area contributed by atoms with Crippen LogP contribution in [0.2, 0.25) is 0 Å². The van der Waals surface area contributed by atoms with E-state index in [2.05, 4.69) is 10.3 Å². The summed E-state index contributed by atoms with van der Waals surface area (Å²) in [5.41, 5.74) is 7.57. The summed E-state index contributed by atoms with van der Waals surface area (Å²) in [6.07, 6.45) is 1.74. The largest absolute Gasteiger partial charge is 0.487 e. The van der Waals surface area contributed by atoms with E-state index >= 15 is 0 Å². The number of hydrogen-bond acceptors (Lipinski definition) is 4. The zero-order chi connectivity index (χ0) is 18.4. The molecule has 1 heterocycles. The predicted molar refractivity (Wildman–Crippen MR) is 113 cm³/mol. The van der Waals surface area contributed by atoms with Crippen molar-refractivity contribution < 1.29 is 9.53 Å². The lowest BCUT2D eigenvalue weighted by Crippen LogP contribution is -2.49. The first-order valence-electron chi connectivity index (χ1n) is 8.46. The Morgan fingerprint density at radius 3 is 2.48 bits per heavy atom. The third kappa shape index (κ3) is 7.75. The highest BCUT2D eigenvalue weighted by Gasteiger charge is 2.28. The highest BCUT2D eigenvalue weighted by Crippen LogP contribution is 2.22. The van der Waals surface area contributed by atoms with Crippen LogP contribution >= 0.6 is 24.8 Å². The van der Waals surface area contributed by atoms with Gasteiger partial charge in [0.1, 0.15) is 12.4 Å². The van der Waals surface area contributed by atoms with Crippen LogP contribution in [0.3, 0.4) is 0 Å². The monoisotopic (exact) mass is 413 g/mol. The number of nitrogens with two attached hydrogens (primary N) is 1. The Hall–Kier alpha value is -1.82. The third-order valence-electron chi connectivity index (χ3n) is 4.05. The number of pyridine rings is 1. The van der Waals surface area contributed by atoms with Crippen molar-refractivity contribution >= 4 is 30.7 Å². The van der Waals surface area contributed by atoms with Crippen LogP contribution in [0.4, 0.5) is 0 Å². The molecule has 0 radical (unpaired) electrons. The van der Waals surface area contributed by atoms with Crippen molar-refractivity contribution in [1.82, 2.24) is 10.3 Å². The Labute approximate surface area is 173 Å². The second kappa shape index (κ2) is 11.1. The highest BCUT2D eigenvalue weighted by atomic mass is 35.5. The molecule has 3 N–H and O–H groups in total. The van der Waals surface area contributed by atoms with E-state index in [4.69, 9.17) is 10.5 Å². The molecule has 1 aromatic carbocycles. The smallest absolute Gasteiger partial charge is 0.237 e. The third-order valence-corrected chi connectivity index (χ3v) is 4.05. The molecule has 1 amide bonds. The number of nitrogens with zero attached hydrogens (tertiary/aromatic N) is 1. The van der Waals surface area contributed by atoms with Crippen LogP contribution in [0.1, 0.15) is 45.0 Å². The minimum Gasteiger partial charge on any atom is -0.487 e. The number of nitrogens with one attached hydrogen (secondary N) is 1. The van der Waals surface area contributed by atoms with Crippen LogP contribution in [0.5, 0.6) is 5.75 Å². The average molecular weight is 414 g/mol. The van der Waals surface area contributed by atoms with Crippen molar-refractivity contribution in [3.8, 4) is 5.75 Å². The number of carbonyl (C=O) groups excluding carboxylic acids is 1. The topological polar surface area (TPSA) is 77.2 Å². The van der Waals surface area contributed by atoms with Gasteiger partial charge in [-0.3, -0.25) is 9.78 Å². The quantitative estimate of drug-likeness (QED) is 0.748. The van der Waals surface area contributed by atoms with Gasteiger partial charge in [0.2, 0.25) is 5.91 Å². The molecule has 0 fully saturated rings. The fraction of sp³-hybridized carbons (Fsp3) is 0.400. The summed E-state index contributed by atoms with van der Waals surface area (Å²) in [6, 6.07) is 12.7. The zero-order valence-corrected chi connectivity index (χ0v) is 17.8. The van der Waals surface area contributed by atoms with Crippen molar-refractivity contribution in [3.63, 3.8) is 0 Å². The summed E-state index contributed by atoms with van der Waals surface area (Å²) >= 11 is 0. The summed E-state index contributed by atoms with van der Waals surface area (Å²) in [5.74, 6) is 0.587. The molecule has 27 heavy (non-hydrogen) atoms. The first kappa shape index (κ1) is 25.2.